The van der Waals surface area contributed by atoms with Gasteiger partial charge >= 0.3 is 0 Å². The molecule has 0 radical (unpaired) electrons. The van der Waals surface area contributed by atoms with Gasteiger partial charge in [-0.25, -0.2) is 0 Å². The highest BCUT2D eigenvalue weighted by atomic mass is 79.9. The minimum absolute atomic E-state index is 0.623. The normalized spacial score (nSPS) is 25.5. The minimum atomic E-state index is 0.623. The van der Waals surface area contributed by atoms with E-state index in [0.29, 0.717) is 6.04 Å². The Morgan fingerprint density at radius 2 is 2.20 bits per heavy atom. The fraction of sp³-hybridized carbons (Fsp3) is 0.500. The van der Waals surface area contributed by atoms with E-state index in [-0.39, 0.29) is 0 Å². The maximum atomic E-state index is 5.90. The van der Waals surface area contributed by atoms with Gasteiger partial charge in [-0.05, 0) is 59.3 Å². The van der Waals surface area contributed by atoms with E-state index in [1.165, 1.54) is 19.3 Å². The molecule has 1 aromatic rings. The first-order valence-corrected chi connectivity index (χ1v) is 6.54. The highest BCUT2D eigenvalue weighted by Crippen LogP contribution is 2.31. The van der Waals surface area contributed by atoms with Crippen molar-refractivity contribution >= 4 is 33.2 Å². The molecule has 0 heterocycles. The SMILES string of the molecule is CC1CCC(Nc2ccc(Cl)cc2Br)C1. The molecule has 1 aromatic carbocycles. The average Bonchev–Trinajstić information content (AvgIpc) is 2.56. The number of hydrogen-bond acceptors (Lipinski definition) is 1. The van der Waals surface area contributed by atoms with E-state index in [0.717, 1.165) is 21.1 Å². The lowest BCUT2D eigenvalue weighted by Crippen LogP contribution is -2.15. The summed E-state index contributed by atoms with van der Waals surface area (Å²) in [4.78, 5) is 0. The molecule has 0 aromatic heterocycles. The van der Waals surface area contributed by atoms with E-state index in [2.05, 4.69) is 28.2 Å². The standard InChI is InChI=1S/C12H15BrClN/c1-8-2-4-10(6-8)15-12-5-3-9(14)7-11(12)13/h3,5,7-8,10,15H,2,4,6H2,1H3. The maximum Gasteiger partial charge on any atom is 0.0487 e. The van der Waals surface area contributed by atoms with Gasteiger partial charge in [-0.15, -0.1) is 0 Å². The molecule has 0 saturated heterocycles. The number of hydrogen-bond donors (Lipinski definition) is 1. The quantitative estimate of drug-likeness (QED) is 0.831. The van der Waals surface area contributed by atoms with Crippen molar-refractivity contribution in [2.24, 2.45) is 5.92 Å². The third kappa shape index (κ3) is 2.88. The molecule has 15 heavy (non-hydrogen) atoms. The van der Waals surface area contributed by atoms with Crippen LogP contribution in [0.15, 0.2) is 22.7 Å². The molecule has 1 N–H and O–H groups in total. The molecule has 3 heteroatoms. The summed E-state index contributed by atoms with van der Waals surface area (Å²) in [6.45, 7) is 2.32. The number of benzene rings is 1. The molecule has 0 spiro atoms. The molecule has 82 valence electrons. The molecule has 2 unspecified atom stereocenters. The van der Waals surface area contributed by atoms with E-state index in [1.807, 2.05) is 18.2 Å². The van der Waals surface area contributed by atoms with Crippen LogP contribution in [0.2, 0.25) is 5.02 Å². The van der Waals surface area contributed by atoms with Crippen LogP contribution in [0, 0.1) is 5.92 Å². The molecule has 0 amide bonds. The zero-order chi connectivity index (χ0) is 10.8. The van der Waals surface area contributed by atoms with Crippen LogP contribution in [0.1, 0.15) is 26.2 Å². The lowest BCUT2D eigenvalue weighted by molar-refractivity contribution is 0.602. The third-order valence-corrected chi connectivity index (χ3v) is 3.88. The van der Waals surface area contributed by atoms with Gasteiger partial charge in [0.05, 0.1) is 0 Å². The van der Waals surface area contributed by atoms with E-state index < -0.39 is 0 Å². The van der Waals surface area contributed by atoms with Gasteiger partial charge in [0.1, 0.15) is 0 Å². The van der Waals surface area contributed by atoms with E-state index in [1.54, 1.807) is 0 Å². The summed E-state index contributed by atoms with van der Waals surface area (Å²) in [5, 5.41) is 4.33. The van der Waals surface area contributed by atoms with Gasteiger partial charge in [-0.3, -0.25) is 0 Å². The zero-order valence-electron chi connectivity index (χ0n) is 8.76. The Labute approximate surface area is 104 Å². The largest absolute Gasteiger partial charge is 0.381 e. The molecular weight excluding hydrogens is 273 g/mol. The van der Waals surface area contributed by atoms with E-state index >= 15 is 0 Å². The van der Waals surface area contributed by atoms with E-state index in [4.69, 9.17) is 11.6 Å². The van der Waals surface area contributed by atoms with Crippen LogP contribution in [0.5, 0.6) is 0 Å². The monoisotopic (exact) mass is 287 g/mol. The first-order valence-electron chi connectivity index (χ1n) is 5.37. The fourth-order valence-electron chi connectivity index (χ4n) is 2.16. The molecule has 0 bridgehead atoms. The first kappa shape index (κ1) is 11.3. The number of rotatable bonds is 2. The van der Waals surface area contributed by atoms with Crippen molar-refractivity contribution in [2.75, 3.05) is 5.32 Å². The second kappa shape index (κ2) is 4.75. The smallest absolute Gasteiger partial charge is 0.0487 e. The summed E-state index contributed by atoms with van der Waals surface area (Å²) in [7, 11) is 0. The van der Waals surface area contributed by atoms with Gasteiger partial charge in [-0.2, -0.15) is 0 Å². The molecule has 2 rings (SSSR count). The maximum absolute atomic E-state index is 5.90. The number of halogens is 2. The molecule has 1 aliphatic carbocycles. The van der Waals surface area contributed by atoms with Crippen molar-refractivity contribution in [1.29, 1.82) is 0 Å². The van der Waals surface area contributed by atoms with Gasteiger partial charge in [0.25, 0.3) is 0 Å². The van der Waals surface area contributed by atoms with Crippen molar-refractivity contribution in [3.05, 3.63) is 27.7 Å². The van der Waals surface area contributed by atoms with Gasteiger partial charge in [0.2, 0.25) is 0 Å². The molecular formula is C12H15BrClN. The second-order valence-electron chi connectivity index (χ2n) is 4.38. The lowest BCUT2D eigenvalue weighted by atomic mass is 10.1. The fourth-order valence-corrected chi connectivity index (χ4v) is 2.96. The Hall–Kier alpha value is -0.210. The van der Waals surface area contributed by atoms with Gasteiger partial charge in [-0.1, -0.05) is 18.5 Å². The molecule has 1 fully saturated rings. The van der Waals surface area contributed by atoms with Crippen molar-refractivity contribution in [3.8, 4) is 0 Å². The summed E-state index contributed by atoms with van der Waals surface area (Å²) in [6.07, 6.45) is 3.88. The highest BCUT2D eigenvalue weighted by molar-refractivity contribution is 9.10. The Bertz CT molecular complexity index is 353. The van der Waals surface area contributed by atoms with Crippen molar-refractivity contribution in [2.45, 2.75) is 32.2 Å². The Morgan fingerprint density at radius 3 is 2.80 bits per heavy atom. The number of anilines is 1. The summed E-state index contributed by atoms with van der Waals surface area (Å²) in [6, 6.07) is 6.52. The van der Waals surface area contributed by atoms with Crippen LogP contribution in [0.25, 0.3) is 0 Å². The Morgan fingerprint density at radius 1 is 1.40 bits per heavy atom. The summed E-state index contributed by atoms with van der Waals surface area (Å²) in [5.41, 5.74) is 1.15. The van der Waals surface area contributed by atoms with Crippen LogP contribution in [0.4, 0.5) is 5.69 Å². The molecule has 0 aliphatic heterocycles. The van der Waals surface area contributed by atoms with Crippen molar-refractivity contribution in [1.82, 2.24) is 0 Å². The predicted octanol–water partition coefficient (Wildman–Crippen LogP) is 4.70. The summed E-state index contributed by atoms with van der Waals surface area (Å²) in [5.74, 6) is 0.855. The van der Waals surface area contributed by atoms with Crippen LogP contribution >= 0.6 is 27.5 Å². The molecule has 1 aliphatic rings. The predicted molar refractivity (Wildman–Crippen MR) is 69.6 cm³/mol. The summed E-state index contributed by atoms with van der Waals surface area (Å²) < 4.78 is 1.05. The Kier molecular flexibility index (Phi) is 3.57. The highest BCUT2D eigenvalue weighted by Gasteiger charge is 2.21. The van der Waals surface area contributed by atoms with Crippen molar-refractivity contribution < 1.29 is 0 Å². The van der Waals surface area contributed by atoms with Crippen LogP contribution in [-0.4, -0.2) is 6.04 Å². The molecule has 1 saturated carbocycles. The zero-order valence-corrected chi connectivity index (χ0v) is 11.1. The van der Waals surface area contributed by atoms with Crippen LogP contribution < -0.4 is 5.32 Å². The number of nitrogens with one attached hydrogen (secondary N) is 1. The van der Waals surface area contributed by atoms with Crippen LogP contribution in [0.3, 0.4) is 0 Å². The third-order valence-electron chi connectivity index (χ3n) is 2.99. The lowest BCUT2D eigenvalue weighted by Gasteiger charge is -2.15. The topological polar surface area (TPSA) is 12.0 Å². The van der Waals surface area contributed by atoms with Crippen molar-refractivity contribution in [3.63, 3.8) is 0 Å². The van der Waals surface area contributed by atoms with E-state index in [9.17, 15) is 0 Å². The minimum Gasteiger partial charge on any atom is -0.381 e. The van der Waals surface area contributed by atoms with Gasteiger partial charge < -0.3 is 5.32 Å². The molecule has 2 atom stereocenters. The summed E-state index contributed by atoms with van der Waals surface area (Å²) >= 11 is 9.42. The Balaban J connectivity index is 2.04. The van der Waals surface area contributed by atoms with Gasteiger partial charge in [0, 0.05) is 21.2 Å². The second-order valence-corrected chi connectivity index (χ2v) is 5.67. The average molecular weight is 289 g/mol. The van der Waals surface area contributed by atoms with Gasteiger partial charge in [0.15, 0.2) is 0 Å². The first-order chi connectivity index (χ1) is 7.15. The molecule has 1 nitrogen and oxygen atoms in total. The van der Waals surface area contributed by atoms with Crippen LogP contribution in [-0.2, 0) is 0 Å².